The Hall–Kier alpha value is -5.68. The molecule has 3 aliphatic rings. The molecule has 6 rings (SSSR count). The van der Waals surface area contributed by atoms with Gasteiger partial charge in [-0.3, -0.25) is 24.4 Å². The second-order valence-electron chi connectivity index (χ2n) is 15.4. The maximum atomic E-state index is 14.2. The van der Waals surface area contributed by atoms with Gasteiger partial charge in [-0.25, -0.2) is 14.4 Å². The van der Waals surface area contributed by atoms with Gasteiger partial charge in [-0.15, -0.1) is 0 Å². The van der Waals surface area contributed by atoms with Crippen molar-refractivity contribution in [2.45, 2.75) is 102 Å². The van der Waals surface area contributed by atoms with Gasteiger partial charge in [0.1, 0.15) is 36.6 Å². The molecule has 1 saturated heterocycles. The Labute approximate surface area is 327 Å². The molecule has 3 aromatic heterocycles. The van der Waals surface area contributed by atoms with Crippen molar-refractivity contribution in [1.29, 1.82) is 0 Å². The molecular formula is C40H44N2O15. The van der Waals surface area contributed by atoms with Crippen LogP contribution in [0.5, 0.6) is 0 Å². The number of carbonyl (C=O) groups is 6. The first-order chi connectivity index (χ1) is 26.9. The van der Waals surface area contributed by atoms with E-state index in [0.717, 1.165) is 20.1 Å². The maximum Gasteiger partial charge on any atom is 0.341 e. The molecule has 1 N–H and O–H groups in total. The monoisotopic (exact) mass is 792 g/mol. The molecule has 2 saturated carbocycles. The van der Waals surface area contributed by atoms with E-state index in [1.807, 2.05) is 0 Å². The summed E-state index contributed by atoms with van der Waals surface area (Å²) in [6, 6.07) is 7.10. The summed E-state index contributed by atoms with van der Waals surface area (Å²) in [5.41, 5.74) is -8.80. The lowest BCUT2D eigenvalue weighted by atomic mass is 9.45. The molecule has 1 aliphatic heterocycles. The Morgan fingerprint density at radius 1 is 0.789 bits per heavy atom. The fraction of sp³-hybridized carbons (Fsp3) is 0.500. The largest absolute Gasteiger partial charge is 0.472 e. The summed E-state index contributed by atoms with van der Waals surface area (Å²) in [6.07, 6.45) is -1.57. The van der Waals surface area contributed by atoms with E-state index in [1.165, 1.54) is 68.3 Å². The normalized spacial score (nSPS) is 31.0. The molecule has 9 atom stereocenters. The molecule has 0 aromatic carbocycles. The predicted octanol–water partition coefficient (Wildman–Crippen LogP) is 3.43. The predicted molar refractivity (Wildman–Crippen MR) is 191 cm³/mol. The zero-order valence-corrected chi connectivity index (χ0v) is 32.4. The lowest BCUT2D eigenvalue weighted by Crippen LogP contribution is -2.85. The van der Waals surface area contributed by atoms with E-state index in [0.29, 0.717) is 0 Å². The van der Waals surface area contributed by atoms with Gasteiger partial charge in [0.2, 0.25) is 0 Å². The lowest BCUT2D eigenvalue weighted by molar-refractivity contribution is -0.361. The van der Waals surface area contributed by atoms with E-state index in [2.05, 4.69) is 9.97 Å². The van der Waals surface area contributed by atoms with Gasteiger partial charge in [-0.1, -0.05) is 13.8 Å². The number of ether oxygens (including phenoxy) is 7. The van der Waals surface area contributed by atoms with Crippen LogP contribution in [-0.4, -0.2) is 105 Å². The first-order valence-electron chi connectivity index (χ1n) is 18.2. The number of rotatable bonds is 11. The van der Waals surface area contributed by atoms with Gasteiger partial charge >= 0.3 is 35.8 Å². The summed E-state index contributed by atoms with van der Waals surface area (Å²) in [7, 11) is 0. The van der Waals surface area contributed by atoms with Gasteiger partial charge in [0.15, 0.2) is 17.8 Å². The molecule has 1 spiro atoms. The third-order valence-electron chi connectivity index (χ3n) is 10.8. The van der Waals surface area contributed by atoms with Crippen LogP contribution in [0.25, 0.3) is 0 Å². The van der Waals surface area contributed by atoms with Crippen LogP contribution < -0.4 is 0 Å². The average Bonchev–Trinajstić information content (AvgIpc) is 3.76. The summed E-state index contributed by atoms with van der Waals surface area (Å²) in [6.45, 7) is 8.90. The molecule has 0 radical (unpaired) electrons. The molecule has 0 amide bonds. The van der Waals surface area contributed by atoms with Crippen molar-refractivity contribution >= 4 is 35.8 Å². The number of nitrogens with zero attached hydrogens (tertiary/aromatic N) is 2. The van der Waals surface area contributed by atoms with Gasteiger partial charge < -0.3 is 42.7 Å². The number of pyridine rings is 2. The van der Waals surface area contributed by atoms with Crippen LogP contribution in [0, 0.1) is 17.3 Å². The summed E-state index contributed by atoms with van der Waals surface area (Å²) < 4.78 is 49.1. The Morgan fingerprint density at radius 2 is 1.37 bits per heavy atom. The summed E-state index contributed by atoms with van der Waals surface area (Å²) >= 11 is 0. The number of esters is 6. The van der Waals surface area contributed by atoms with Crippen molar-refractivity contribution in [3.05, 3.63) is 84.3 Å². The molecule has 0 unspecified atom stereocenters. The van der Waals surface area contributed by atoms with Crippen molar-refractivity contribution < 1.29 is 71.4 Å². The molecule has 17 nitrogen and oxygen atoms in total. The van der Waals surface area contributed by atoms with Crippen LogP contribution in [0.2, 0.25) is 0 Å². The highest BCUT2D eigenvalue weighted by molar-refractivity contribution is 5.91. The Kier molecular flexibility index (Phi) is 11.0. The van der Waals surface area contributed by atoms with Crippen molar-refractivity contribution in [2.75, 3.05) is 6.61 Å². The van der Waals surface area contributed by atoms with Crippen LogP contribution in [0.1, 0.15) is 86.0 Å². The first-order valence-corrected chi connectivity index (χ1v) is 18.2. The molecule has 2 bridgehead atoms. The number of fused-ring (bicyclic) bond motifs is 1. The highest BCUT2D eigenvalue weighted by atomic mass is 16.7. The minimum atomic E-state index is -2.44. The second-order valence-corrected chi connectivity index (χ2v) is 15.4. The smallest absolute Gasteiger partial charge is 0.341 e. The van der Waals surface area contributed by atoms with Gasteiger partial charge in [0, 0.05) is 45.1 Å². The van der Waals surface area contributed by atoms with Gasteiger partial charge in [0.25, 0.3) is 0 Å². The number of hydrogen-bond acceptors (Lipinski definition) is 17. The van der Waals surface area contributed by atoms with Crippen LogP contribution in [0.15, 0.2) is 72.1 Å². The minimum Gasteiger partial charge on any atom is -0.472 e. The molecule has 3 fully saturated rings. The van der Waals surface area contributed by atoms with Crippen LogP contribution >= 0.6 is 0 Å². The number of furan rings is 1. The molecule has 304 valence electrons. The number of aromatic nitrogens is 2. The van der Waals surface area contributed by atoms with Crippen molar-refractivity contribution in [1.82, 2.24) is 9.97 Å². The first kappa shape index (κ1) is 41.0. The molecule has 17 heteroatoms. The fourth-order valence-corrected chi connectivity index (χ4v) is 8.73. The van der Waals surface area contributed by atoms with Gasteiger partial charge in [0.05, 0.1) is 46.0 Å². The molecule has 2 aliphatic carbocycles. The third-order valence-corrected chi connectivity index (χ3v) is 10.8. The van der Waals surface area contributed by atoms with Gasteiger partial charge in [-0.05, 0) is 51.1 Å². The molecular weight excluding hydrogens is 748 g/mol. The van der Waals surface area contributed by atoms with Crippen LogP contribution in [0.3, 0.4) is 0 Å². The highest BCUT2D eigenvalue weighted by Gasteiger charge is 2.89. The lowest BCUT2D eigenvalue weighted by Gasteiger charge is -2.66. The molecule has 4 heterocycles. The molecule has 3 aromatic rings. The van der Waals surface area contributed by atoms with E-state index in [-0.39, 0.29) is 16.7 Å². The number of hydrogen-bond donors (Lipinski definition) is 1. The van der Waals surface area contributed by atoms with Gasteiger partial charge in [-0.2, -0.15) is 0 Å². The Morgan fingerprint density at radius 3 is 1.89 bits per heavy atom. The summed E-state index contributed by atoms with van der Waals surface area (Å²) in [5, 5.41) is 13.0. The average molecular weight is 793 g/mol. The number of aliphatic hydroxyl groups is 1. The Bertz CT molecular complexity index is 2000. The zero-order valence-electron chi connectivity index (χ0n) is 32.4. The SMILES string of the molecule is CC(=O)O[C@H]1C[C@](C)(O)[C@]23OC(C)(C)[C@H]([C@@H](OC(=O)c4cccnc4)[C@H](OC(=O)c4ccoc4)[C@]2(COC(=O)C(C)C)[C@H]1OC(=O)c1cccnc1)[C@H]3OC(C)=O. The van der Waals surface area contributed by atoms with Crippen molar-refractivity contribution in [3.8, 4) is 0 Å². The van der Waals surface area contributed by atoms with Crippen LogP contribution in [-0.2, 0) is 47.5 Å². The third kappa shape index (κ3) is 7.14. The zero-order chi connectivity index (χ0) is 41.5. The topological polar surface area (TPSA) is 226 Å². The van der Waals surface area contributed by atoms with E-state index >= 15 is 0 Å². The quantitative estimate of drug-likeness (QED) is 0.217. The van der Waals surface area contributed by atoms with Crippen molar-refractivity contribution in [3.63, 3.8) is 0 Å². The summed E-state index contributed by atoms with van der Waals surface area (Å²) in [5.74, 6) is -7.55. The molecule has 57 heavy (non-hydrogen) atoms. The number of carbonyl (C=O) groups excluding carboxylic acids is 6. The summed E-state index contributed by atoms with van der Waals surface area (Å²) in [4.78, 5) is 90.2. The second kappa shape index (κ2) is 15.3. The highest BCUT2D eigenvalue weighted by Crippen LogP contribution is 2.69. The van der Waals surface area contributed by atoms with Crippen LogP contribution in [0.4, 0.5) is 0 Å². The standard InChI is InChI=1S/C40H44N2O15/c1-21(2)33(45)51-20-39-30(55-35(47)25-11-9-14-42-18-25)27(52-22(3)43)16-38(7,49)40(39)31(53-23(4)44)28(37(5,6)57-40)29(54-34(46)24-10-8-13-41-17-24)32(39)56-36(48)26-12-15-50-19-26/h8-15,17-19,21,27-32,49H,16,20H2,1-7H3/t27-,28+,29+,30-,31+,32-,38-,39-,40-/m0/s1. The minimum absolute atomic E-state index is 0.0247. The van der Waals surface area contributed by atoms with E-state index in [9.17, 15) is 33.9 Å². The van der Waals surface area contributed by atoms with E-state index in [1.54, 1.807) is 27.7 Å². The maximum absolute atomic E-state index is 14.2. The van der Waals surface area contributed by atoms with E-state index < -0.39 is 113 Å². The van der Waals surface area contributed by atoms with E-state index in [4.69, 9.17) is 37.6 Å². The fourth-order valence-electron chi connectivity index (χ4n) is 8.73. The Balaban J connectivity index is 1.72. The van der Waals surface area contributed by atoms with Crippen molar-refractivity contribution in [2.24, 2.45) is 17.3 Å².